The molecule has 0 radical (unpaired) electrons. The molecule has 0 bridgehead atoms. The van der Waals surface area contributed by atoms with Crippen LogP contribution in [0.2, 0.25) is 0 Å². The summed E-state index contributed by atoms with van der Waals surface area (Å²) in [5.41, 5.74) is 1.12. The first-order chi connectivity index (χ1) is 16.3. The van der Waals surface area contributed by atoms with E-state index >= 15 is 0 Å². The molecule has 0 spiro atoms. The second kappa shape index (κ2) is 8.28. The molecular formula is C24H19FN2O6S. The largest absolute Gasteiger partial charge is 0.497 e. The molecule has 0 N–H and O–H groups in total. The number of imide groups is 1. The Labute approximate surface area is 198 Å². The molecule has 0 aromatic heterocycles. The molecule has 2 aromatic carbocycles. The highest BCUT2D eigenvalue weighted by molar-refractivity contribution is 8.00. The van der Waals surface area contributed by atoms with Crippen molar-refractivity contribution in [2.45, 2.75) is 24.9 Å². The van der Waals surface area contributed by atoms with Gasteiger partial charge in [-0.3, -0.25) is 24.2 Å². The monoisotopic (exact) mass is 482 g/mol. The van der Waals surface area contributed by atoms with E-state index in [2.05, 4.69) is 0 Å². The highest BCUT2D eigenvalue weighted by atomic mass is 32.2. The van der Waals surface area contributed by atoms with Crippen LogP contribution in [0.15, 0.2) is 53.7 Å². The maximum Gasteiger partial charge on any atom is 0.355 e. The van der Waals surface area contributed by atoms with Crippen LogP contribution in [0.4, 0.5) is 4.39 Å². The normalized spacial score (nSPS) is 21.3. The van der Waals surface area contributed by atoms with Gasteiger partial charge < -0.3 is 9.47 Å². The van der Waals surface area contributed by atoms with E-state index in [4.69, 9.17) is 9.47 Å². The zero-order valence-corrected chi connectivity index (χ0v) is 19.1. The molecule has 3 aliphatic heterocycles. The van der Waals surface area contributed by atoms with E-state index in [0.717, 1.165) is 16.5 Å². The number of hydrogen-bond acceptors (Lipinski definition) is 7. The Hall–Kier alpha value is -3.66. The van der Waals surface area contributed by atoms with Crippen molar-refractivity contribution in [3.05, 3.63) is 76.2 Å². The molecule has 174 valence electrons. The maximum atomic E-state index is 14.2. The van der Waals surface area contributed by atoms with Crippen LogP contribution in [-0.4, -0.2) is 57.8 Å². The molecule has 3 heterocycles. The quantitative estimate of drug-likeness (QED) is 0.368. The lowest BCUT2D eigenvalue weighted by atomic mass is 10.0. The van der Waals surface area contributed by atoms with Crippen molar-refractivity contribution < 1.29 is 33.0 Å². The summed E-state index contributed by atoms with van der Waals surface area (Å²) in [4.78, 5) is 53.8. The van der Waals surface area contributed by atoms with Gasteiger partial charge in [-0.2, -0.15) is 0 Å². The van der Waals surface area contributed by atoms with Crippen LogP contribution >= 0.6 is 11.8 Å². The number of hydrogen-bond donors (Lipinski definition) is 0. The van der Waals surface area contributed by atoms with Gasteiger partial charge in [0.15, 0.2) is 0 Å². The molecule has 1 saturated heterocycles. The number of ether oxygens (including phenoxy) is 2. The summed E-state index contributed by atoms with van der Waals surface area (Å²) in [6.45, 7) is 1.73. The SMILES string of the molecule is COc1ccc(COC(=O)C2=C(C)CS[C@@H]3C(N4C(=O)c5cccc(F)c5C4=O)C(=O)N23)cc1. The minimum absolute atomic E-state index is 0.000555. The van der Waals surface area contributed by atoms with Gasteiger partial charge in [-0.25, -0.2) is 9.18 Å². The molecule has 1 fully saturated rings. The number of fused-ring (bicyclic) bond motifs is 2. The van der Waals surface area contributed by atoms with E-state index < -0.39 is 40.9 Å². The number of benzene rings is 2. The van der Waals surface area contributed by atoms with Crippen molar-refractivity contribution in [3.63, 3.8) is 0 Å². The van der Waals surface area contributed by atoms with E-state index in [-0.39, 0.29) is 23.4 Å². The number of methoxy groups -OCH3 is 1. The van der Waals surface area contributed by atoms with Crippen LogP contribution in [0.25, 0.3) is 0 Å². The van der Waals surface area contributed by atoms with Crippen LogP contribution in [0.3, 0.4) is 0 Å². The Morgan fingerprint density at radius 3 is 2.50 bits per heavy atom. The third-order valence-electron chi connectivity index (χ3n) is 6.03. The first kappa shape index (κ1) is 22.1. The molecule has 0 aliphatic carbocycles. The Morgan fingerprint density at radius 2 is 1.82 bits per heavy atom. The molecule has 5 rings (SSSR count). The van der Waals surface area contributed by atoms with E-state index in [1.807, 2.05) is 0 Å². The molecule has 34 heavy (non-hydrogen) atoms. The summed E-state index contributed by atoms with van der Waals surface area (Å²) in [5, 5.41) is -0.648. The molecule has 2 atom stereocenters. The fraction of sp³-hybridized carbons (Fsp3) is 0.250. The van der Waals surface area contributed by atoms with Gasteiger partial charge in [-0.05, 0) is 42.3 Å². The Kier molecular flexibility index (Phi) is 5.40. The third kappa shape index (κ3) is 3.28. The second-order valence-corrected chi connectivity index (χ2v) is 9.16. The van der Waals surface area contributed by atoms with E-state index in [1.54, 1.807) is 38.3 Å². The van der Waals surface area contributed by atoms with Gasteiger partial charge in [0.2, 0.25) is 0 Å². The summed E-state index contributed by atoms with van der Waals surface area (Å²) in [5.74, 6) is -2.53. The summed E-state index contributed by atoms with van der Waals surface area (Å²) >= 11 is 1.33. The summed E-state index contributed by atoms with van der Waals surface area (Å²) in [7, 11) is 1.55. The summed E-state index contributed by atoms with van der Waals surface area (Å²) in [6.07, 6.45) is 0. The van der Waals surface area contributed by atoms with E-state index in [1.165, 1.54) is 28.8 Å². The number of β-lactam (4-membered cyclic amide) rings is 1. The fourth-order valence-corrected chi connectivity index (χ4v) is 5.64. The molecular weight excluding hydrogens is 463 g/mol. The number of nitrogens with zero attached hydrogens (tertiary/aromatic N) is 2. The average molecular weight is 482 g/mol. The number of carbonyl (C=O) groups excluding carboxylic acids is 4. The first-order valence-corrected chi connectivity index (χ1v) is 11.5. The highest BCUT2D eigenvalue weighted by Crippen LogP contribution is 2.44. The average Bonchev–Trinajstić information content (AvgIpc) is 3.09. The van der Waals surface area contributed by atoms with E-state index in [0.29, 0.717) is 17.1 Å². The molecule has 1 unspecified atom stereocenters. The molecule has 10 heteroatoms. The molecule has 0 saturated carbocycles. The molecule has 8 nitrogen and oxygen atoms in total. The Balaban J connectivity index is 1.34. The maximum absolute atomic E-state index is 14.2. The number of rotatable bonds is 5. The topological polar surface area (TPSA) is 93.2 Å². The van der Waals surface area contributed by atoms with Crippen molar-refractivity contribution in [3.8, 4) is 5.75 Å². The summed E-state index contributed by atoms with van der Waals surface area (Å²) < 4.78 is 24.8. The van der Waals surface area contributed by atoms with Crippen LogP contribution < -0.4 is 4.74 Å². The minimum atomic E-state index is -1.12. The number of halogens is 1. The number of amides is 3. The fourth-order valence-electron chi connectivity index (χ4n) is 4.30. The van der Waals surface area contributed by atoms with Crippen LogP contribution in [0, 0.1) is 5.82 Å². The smallest absolute Gasteiger partial charge is 0.355 e. The first-order valence-electron chi connectivity index (χ1n) is 10.4. The van der Waals surface area contributed by atoms with Crippen molar-refractivity contribution >= 4 is 35.5 Å². The van der Waals surface area contributed by atoms with Crippen molar-refractivity contribution in [2.24, 2.45) is 0 Å². The van der Waals surface area contributed by atoms with Gasteiger partial charge >= 0.3 is 5.97 Å². The number of thioether (sulfide) groups is 1. The van der Waals surface area contributed by atoms with Crippen LogP contribution in [0.1, 0.15) is 33.2 Å². The predicted octanol–water partition coefficient (Wildman–Crippen LogP) is 2.73. The van der Waals surface area contributed by atoms with Crippen molar-refractivity contribution in [1.82, 2.24) is 9.80 Å². The summed E-state index contributed by atoms with van der Waals surface area (Å²) in [6, 6.07) is 9.70. The minimum Gasteiger partial charge on any atom is -0.497 e. The molecule has 3 aliphatic rings. The highest BCUT2D eigenvalue weighted by Gasteiger charge is 2.60. The van der Waals surface area contributed by atoms with E-state index in [9.17, 15) is 23.6 Å². The lowest BCUT2D eigenvalue weighted by molar-refractivity contribution is -0.154. The number of carbonyl (C=O) groups is 4. The zero-order chi connectivity index (χ0) is 24.1. The standard InChI is InChI=1S/C24H19FN2O6S/c1-12-11-34-23-19(26-20(28)15-4-3-5-16(25)17(15)21(26)29)22(30)27(23)18(12)24(31)33-10-13-6-8-14(32-2)9-7-13/h3-9,19,23H,10-11H2,1-2H3/t19?,23-/m1/s1. The second-order valence-electron chi connectivity index (χ2n) is 8.05. The lowest BCUT2D eigenvalue weighted by Gasteiger charge is -2.51. The van der Waals surface area contributed by atoms with Crippen LogP contribution in [-0.2, 0) is 20.9 Å². The third-order valence-corrected chi connectivity index (χ3v) is 7.44. The lowest BCUT2D eigenvalue weighted by Crippen LogP contribution is -2.71. The Morgan fingerprint density at radius 1 is 1.09 bits per heavy atom. The van der Waals surface area contributed by atoms with Gasteiger partial charge in [-0.15, -0.1) is 11.8 Å². The van der Waals surface area contributed by atoms with Crippen molar-refractivity contribution in [1.29, 1.82) is 0 Å². The van der Waals surface area contributed by atoms with Crippen molar-refractivity contribution in [2.75, 3.05) is 12.9 Å². The van der Waals surface area contributed by atoms with Gasteiger partial charge in [0.05, 0.1) is 18.2 Å². The molecule has 3 amide bonds. The van der Waals surface area contributed by atoms with Gasteiger partial charge in [0.25, 0.3) is 17.7 Å². The van der Waals surface area contributed by atoms with Crippen LogP contribution in [0.5, 0.6) is 5.75 Å². The Bertz CT molecular complexity index is 1270. The number of esters is 1. The predicted molar refractivity (Wildman–Crippen MR) is 119 cm³/mol. The van der Waals surface area contributed by atoms with Gasteiger partial charge in [0.1, 0.15) is 35.3 Å². The van der Waals surface area contributed by atoms with Gasteiger partial charge in [0, 0.05) is 5.75 Å². The zero-order valence-electron chi connectivity index (χ0n) is 18.2. The van der Waals surface area contributed by atoms with Gasteiger partial charge in [-0.1, -0.05) is 18.2 Å². The molecule has 2 aromatic rings.